The molecule has 0 amide bonds. The van der Waals surface area contributed by atoms with Crippen LogP contribution < -0.4 is 0 Å². The molecule has 2 aromatic rings. The van der Waals surface area contributed by atoms with Gasteiger partial charge in [-0.1, -0.05) is 24.3 Å². The summed E-state index contributed by atoms with van der Waals surface area (Å²) in [4.78, 5) is 11.1. The maximum Gasteiger partial charge on any atom is 0.339 e. The van der Waals surface area contributed by atoms with Gasteiger partial charge in [-0.15, -0.1) is 0 Å². The zero-order valence-corrected chi connectivity index (χ0v) is 9.51. The number of fused-ring (bicyclic) bond motifs is 3. The maximum absolute atomic E-state index is 13.9. The van der Waals surface area contributed by atoms with E-state index in [-0.39, 0.29) is 17.5 Å². The molecule has 0 radical (unpaired) electrons. The number of hydrogen-bond donors (Lipinski definition) is 1. The normalized spacial score (nSPS) is 12.2. The summed E-state index contributed by atoms with van der Waals surface area (Å²) in [5, 5.41) is 9.00. The Kier molecular flexibility index (Phi) is 2.38. The van der Waals surface area contributed by atoms with Gasteiger partial charge in [-0.25, -0.2) is 18.0 Å². The van der Waals surface area contributed by atoms with Crippen LogP contribution in [0, 0.1) is 17.5 Å². The van der Waals surface area contributed by atoms with Crippen LogP contribution in [0.1, 0.15) is 21.5 Å². The molecule has 1 N–H and O–H groups in total. The van der Waals surface area contributed by atoms with Crippen LogP contribution in [0.2, 0.25) is 0 Å². The highest BCUT2D eigenvalue weighted by Crippen LogP contribution is 2.42. The van der Waals surface area contributed by atoms with E-state index in [2.05, 4.69) is 0 Å². The second-order valence-corrected chi connectivity index (χ2v) is 4.31. The van der Waals surface area contributed by atoms with Gasteiger partial charge >= 0.3 is 5.97 Å². The second kappa shape index (κ2) is 3.85. The van der Waals surface area contributed by atoms with E-state index in [4.69, 9.17) is 5.11 Å². The molecule has 0 saturated carbocycles. The lowest BCUT2D eigenvalue weighted by atomic mass is 9.99. The van der Waals surface area contributed by atoms with Crippen LogP contribution in [0.5, 0.6) is 0 Å². The fraction of sp³-hybridized carbons (Fsp3) is 0.0714. The van der Waals surface area contributed by atoms with Gasteiger partial charge in [0.05, 0.1) is 0 Å². The summed E-state index contributed by atoms with van der Waals surface area (Å²) in [6, 6.07) is 6.58. The lowest BCUT2D eigenvalue weighted by molar-refractivity contribution is 0.0689. The molecule has 0 spiro atoms. The summed E-state index contributed by atoms with van der Waals surface area (Å²) in [5.74, 6) is -6.31. The molecule has 2 nitrogen and oxygen atoms in total. The van der Waals surface area contributed by atoms with Crippen molar-refractivity contribution in [3.05, 3.63) is 58.4 Å². The van der Waals surface area contributed by atoms with E-state index in [0.717, 1.165) is 0 Å². The van der Waals surface area contributed by atoms with Crippen molar-refractivity contribution in [2.75, 3.05) is 0 Å². The molecule has 2 aromatic carbocycles. The Morgan fingerprint density at radius 1 is 1.05 bits per heavy atom. The molecule has 0 aliphatic heterocycles. The predicted molar refractivity (Wildman–Crippen MR) is 61.5 cm³/mol. The van der Waals surface area contributed by atoms with Gasteiger partial charge in [-0.3, -0.25) is 0 Å². The number of benzene rings is 2. The topological polar surface area (TPSA) is 37.3 Å². The summed E-state index contributed by atoms with van der Waals surface area (Å²) in [7, 11) is 0. The van der Waals surface area contributed by atoms with Crippen molar-refractivity contribution in [1.29, 1.82) is 0 Å². The van der Waals surface area contributed by atoms with Crippen LogP contribution in [0.15, 0.2) is 24.3 Å². The van der Waals surface area contributed by atoms with Crippen LogP contribution in [0.3, 0.4) is 0 Å². The molecule has 19 heavy (non-hydrogen) atoms. The lowest BCUT2D eigenvalue weighted by Gasteiger charge is -2.09. The molecule has 0 bridgehead atoms. The van der Waals surface area contributed by atoms with Crippen molar-refractivity contribution in [2.45, 2.75) is 6.42 Å². The maximum atomic E-state index is 13.9. The third-order valence-electron chi connectivity index (χ3n) is 3.30. The number of hydrogen-bond acceptors (Lipinski definition) is 1. The van der Waals surface area contributed by atoms with Gasteiger partial charge in [-0.05, 0) is 23.1 Å². The Morgan fingerprint density at radius 2 is 1.74 bits per heavy atom. The first-order chi connectivity index (χ1) is 9.02. The second-order valence-electron chi connectivity index (χ2n) is 4.31. The van der Waals surface area contributed by atoms with Gasteiger partial charge in [-0.2, -0.15) is 0 Å². The predicted octanol–water partition coefficient (Wildman–Crippen LogP) is 3.37. The minimum Gasteiger partial charge on any atom is -0.478 e. The molecule has 0 saturated heterocycles. The Morgan fingerprint density at radius 3 is 2.42 bits per heavy atom. The van der Waals surface area contributed by atoms with Crippen molar-refractivity contribution in [3.63, 3.8) is 0 Å². The number of aromatic carboxylic acids is 1. The first-order valence-corrected chi connectivity index (χ1v) is 5.53. The molecule has 0 atom stereocenters. The monoisotopic (exact) mass is 264 g/mol. The average molecular weight is 264 g/mol. The summed E-state index contributed by atoms with van der Waals surface area (Å²) < 4.78 is 41.0. The highest BCUT2D eigenvalue weighted by Gasteiger charge is 2.33. The number of carboxylic acid groups (broad SMARTS) is 1. The summed E-state index contributed by atoms with van der Waals surface area (Å²) in [5.41, 5.74) is 0.127. The van der Waals surface area contributed by atoms with Crippen LogP contribution in [-0.2, 0) is 6.42 Å². The lowest BCUT2D eigenvalue weighted by Crippen LogP contribution is -2.10. The van der Waals surface area contributed by atoms with E-state index >= 15 is 0 Å². The fourth-order valence-corrected chi connectivity index (χ4v) is 2.50. The van der Waals surface area contributed by atoms with E-state index < -0.39 is 29.0 Å². The van der Waals surface area contributed by atoms with Crippen LogP contribution in [0.25, 0.3) is 11.1 Å². The largest absolute Gasteiger partial charge is 0.478 e. The van der Waals surface area contributed by atoms with Gasteiger partial charge < -0.3 is 5.11 Å². The molecule has 0 fully saturated rings. The average Bonchev–Trinajstić information content (AvgIpc) is 2.74. The molecule has 96 valence electrons. The molecular weight excluding hydrogens is 257 g/mol. The van der Waals surface area contributed by atoms with E-state index in [1.54, 1.807) is 24.3 Å². The number of halogens is 3. The molecular formula is C14H7F3O2. The van der Waals surface area contributed by atoms with Gasteiger partial charge in [0.15, 0.2) is 17.5 Å². The molecule has 0 heterocycles. The van der Waals surface area contributed by atoms with Crippen molar-refractivity contribution < 1.29 is 23.1 Å². The first-order valence-electron chi connectivity index (χ1n) is 5.53. The molecule has 1 aliphatic rings. The van der Waals surface area contributed by atoms with Gasteiger partial charge in [0.25, 0.3) is 0 Å². The number of carbonyl (C=O) groups is 1. The molecule has 1 aliphatic carbocycles. The molecule has 0 aromatic heterocycles. The molecule has 3 rings (SSSR count). The number of rotatable bonds is 1. The van der Waals surface area contributed by atoms with Gasteiger partial charge in [0, 0.05) is 5.56 Å². The zero-order valence-electron chi connectivity index (χ0n) is 9.51. The van der Waals surface area contributed by atoms with Crippen molar-refractivity contribution >= 4 is 5.97 Å². The van der Waals surface area contributed by atoms with Crippen LogP contribution >= 0.6 is 0 Å². The van der Waals surface area contributed by atoms with Gasteiger partial charge in [0.1, 0.15) is 5.56 Å². The SMILES string of the molecule is O=C(O)c1c(F)c(F)c(F)c2c1Cc1ccccc1-2. The van der Waals surface area contributed by atoms with Gasteiger partial charge in [0.2, 0.25) is 0 Å². The molecule has 5 heteroatoms. The van der Waals surface area contributed by atoms with Crippen molar-refractivity contribution in [2.24, 2.45) is 0 Å². The summed E-state index contributed by atoms with van der Waals surface area (Å²) in [6.07, 6.45) is 0.0846. The minimum absolute atomic E-state index is 0.00917. The van der Waals surface area contributed by atoms with Crippen molar-refractivity contribution in [3.8, 4) is 11.1 Å². The minimum atomic E-state index is -1.74. The Bertz CT molecular complexity index is 723. The highest BCUT2D eigenvalue weighted by molar-refractivity contribution is 5.95. The van der Waals surface area contributed by atoms with E-state index in [9.17, 15) is 18.0 Å². The standard InChI is InChI=1S/C14H7F3O2/c15-11-9-7-4-2-1-3-6(7)5-8(9)10(14(18)19)12(16)13(11)17/h1-4H,5H2,(H,18,19). The third-order valence-corrected chi connectivity index (χ3v) is 3.30. The third kappa shape index (κ3) is 1.47. The Balaban J connectivity index is 2.43. The van der Waals surface area contributed by atoms with E-state index in [1.807, 2.05) is 0 Å². The van der Waals surface area contributed by atoms with Crippen LogP contribution in [-0.4, -0.2) is 11.1 Å². The Labute approximate surface area is 106 Å². The zero-order chi connectivity index (χ0) is 13.7. The Hall–Kier alpha value is -2.30. The highest BCUT2D eigenvalue weighted by atomic mass is 19.2. The summed E-state index contributed by atoms with van der Waals surface area (Å²) >= 11 is 0. The fourth-order valence-electron chi connectivity index (χ4n) is 2.50. The smallest absolute Gasteiger partial charge is 0.339 e. The molecule has 0 unspecified atom stereocenters. The van der Waals surface area contributed by atoms with Crippen LogP contribution in [0.4, 0.5) is 13.2 Å². The first kappa shape index (κ1) is 11.8. The quantitative estimate of drug-likeness (QED) is 0.684. The summed E-state index contributed by atoms with van der Waals surface area (Å²) in [6.45, 7) is 0. The van der Waals surface area contributed by atoms with E-state index in [1.165, 1.54) is 0 Å². The van der Waals surface area contributed by atoms with Crippen molar-refractivity contribution in [1.82, 2.24) is 0 Å². The van der Waals surface area contributed by atoms with E-state index in [0.29, 0.717) is 11.1 Å². The number of carboxylic acids is 1.